The van der Waals surface area contributed by atoms with E-state index in [0.717, 1.165) is 12.0 Å². The number of amides is 1. The van der Waals surface area contributed by atoms with Gasteiger partial charge in [0.15, 0.2) is 6.61 Å². The number of aryl methyl sites for hydroxylation is 1. The van der Waals surface area contributed by atoms with Gasteiger partial charge in [-0.25, -0.2) is 0 Å². The molecule has 1 N–H and O–H groups in total. The standard InChI is InChI=1S/C17H25NO4/c1-6-12-7-8-14(13(9-12)17(3,4)5)22-10-15(19)18-11(2)16(20)21/h7-9,11H,6,10H2,1-5H3,(H,18,19)(H,20,21)/p-1/t11-/m1/s1. The molecule has 0 aliphatic rings. The van der Waals surface area contributed by atoms with E-state index < -0.39 is 17.9 Å². The lowest BCUT2D eigenvalue weighted by molar-refractivity contribution is -0.307. The topological polar surface area (TPSA) is 78.5 Å². The van der Waals surface area contributed by atoms with Gasteiger partial charge >= 0.3 is 0 Å². The van der Waals surface area contributed by atoms with Gasteiger partial charge in [-0.05, 0) is 36.0 Å². The molecule has 0 bridgehead atoms. The zero-order chi connectivity index (χ0) is 16.9. The second kappa shape index (κ2) is 7.29. The van der Waals surface area contributed by atoms with Crippen LogP contribution >= 0.6 is 0 Å². The fourth-order valence-corrected chi connectivity index (χ4v) is 1.99. The maximum Gasteiger partial charge on any atom is 0.258 e. The van der Waals surface area contributed by atoms with Gasteiger partial charge < -0.3 is 20.0 Å². The van der Waals surface area contributed by atoms with Gasteiger partial charge in [-0.15, -0.1) is 0 Å². The molecular formula is C17H24NO4-. The van der Waals surface area contributed by atoms with Gasteiger partial charge in [-0.2, -0.15) is 0 Å². The van der Waals surface area contributed by atoms with Crippen LogP contribution in [0.3, 0.4) is 0 Å². The van der Waals surface area contributed by atoms with E-state index in [9.17, 15) is 14.7 Å². The summed E-state index contributed by atoms with van der Waals surface area (Å²) in [5.74, 6) is -1.17. The lowest BCUT2D eigenvalue weighted by atomic mass is 9.85. The van der Waals surface area contributed by atoms with E-state index in [0.29, 0.717) is 5.75 Å². The molecule has 5 nitrogen and oxygen atoms in total. The molecule has 0 aliphatic carbocycles. The summed E-state index contributed by atoms with van der Waals surface area (Å²) in [6.07, 6.45) is 0.924. The van der Waals surface area contributed by atoms with Crippen molar-refractivity contribution in [1.82, 2.24) is 5.32 Å². The van der Waals surface area contributed by atoms with E-state index in [4.69, 9.17) is 4.74 Å². The fourth-order valence-electron chi connectivity index (χ4n) is 1.99. The highest BCUT2D eigenvalue weighted by molar-refractivity contribution is 5.83. The van der Waals surface area contributed by atoms with Crippen LogP contribution in [0.4, 0.5) is 0 Å². The molecule has 22 heavy (non-hydrogen) atoms. The van der Waals surface area contributed by atoms with Crippen molar-refractivity contribution in [1.29, 1.82) is 0 Å². The van der Waals surface area contributed by atoms with Crippen LogP contribution in [0.15, 0.2) is 18.2 Å². The molecule has 0 unspecified atom stereocenters. The van der Waals surface area contributed by atoms with Gasteiger partial charge in [0.25, 0.3) is 5.91 Å². The smallest absolute Gasteiger partial charge is 0.258 e. The van der Waals surface area contributed by atoms with Gasteiger partial charge in [0, 0.05) is 0 Å². The lowest BCUT2D eigenvalue weighted by Gasteiger charge is -2.24. The van der Waals surface area contributed by atoms with E-state index >= 15 is 0 Å². The number of nitrogens with one attached hydrogen (secondary N) is 1. The highest BCUT2D eigenvalue weighted by Gasteiger charge is 2.20. The molecule has 0 aromatic heterocycles. The predicted octanol–water partition coefficient (Wildman–Crippen LogP) is 1.18. The molecule has 1 atom stereocenters. The molecule has 1 aromatic rings. The molecule has 1 rings (SSSR count). The zero-order valence-corrected chi connectivity index (χ0v) is 13.9. The second-order valence-electron chi connectivity index (χ2n) is 6.33. The maximum absolute atomic E-state index is 11.7. The predicted molar refractivity (Wildman–Crippen MR) is 82.6 cm³/mol. The first-order chi connectivity index (χ1) is 10.1. The van der Waals surface area contributed by atoms with Crippen molar-refractivity contribution in [3.8, 4) is 5.75 Å². The molecule has 0 radical (unpaired) electrons. The van der Waals surface area contributed by atoms with E-state index in [-0.39, 0.29) is 12.0 Å². The fraction of sp³-hybridized carbons (Fsp3) is 0.529. The van der Waals surface area contributed by atoms with E-state index in [1.807, 2.05) is 12.1 Å². The Hall–Kier alpha value is -2.04. The monoisotopic (exact) mass is 306 g/mol. The number of carbonyl (C=O) groups excluding carboxylic acids is 2. The Bertz CT molecular complexity index is 546. The third kappa shape index (κ3) is 5.06. The normalized spacial score (nSPS) is 12.6. The van der Waals surface area contributed by atoms with Gasteiger partial charge in [-0.1, -0.05) is 39.8 Å². The highest BCUT2D eigenvalue weighted by Crippen LogP contribution is 2.32. The van der Waals surface area contributed by atoms with Crippen molar-refractivity contribution >= 4 is 11.9 Å². The summed E-state index contributed by atoms with van der Waals surface area (Å²) in [7, 11) is 0. The molecule has 5 heteroatoms. The molecular weight excluding hydrogens is 282 g/mol. The van der Waals surface area contributed by atoms with Crippen molar-refractivity contribution in [2.24, 2.45) is 0 Å². The summed E-state index contributed by atoms with van der Waals surface area (Å²) in [4.78, 5) is 22.3. The van der Waals surface area contributed by atoms with E-state index in [1.54, 1.807) is 0 Å². The number of carboxylic acids is 1. The number of carbonyl (C=O) groups is 2. The maximum atomic E-state index is 11.7. The van der Waals surface area contributed by atoms with Gasteiger partial charge in [0.1, 0.15) is 5.75 Å². The van der Waals surface area contributed by atoms with Crippen LogP contribution in [0.1, 0.15) is 45.7 Å². The summed E-state index contributed by atoms with van der Waals surface area (Å²) < 4.78 is 5.58. The Labute approximate surface area is 131 Å². The molecule has 0 saturated heterocycles. The van der Waals surface area contributed by atoms with Crippen LogP contribution in [0.2, 0.25) is 0 Å². The number of rotatable bonds is 6. The number of hydrogen-bond acceptors (Lipinski definition) is 4. The first-order valence-electron chi connectivity index (χ1n) is 7.41. The first-order valence-corrected chi connectivity index (χ1v) is 7.41. The summed E-state index contributed by atoms with van der Waals surface area (Å²) in [5, 5.41) is 12.9. The van der Waals surface area contributed by atoms with Crippen molar-refractivity contribution in [3.05, 3.63) is 29.3 Å². The minimum atomic E-state index is -1.32. The molecule has 0 spiro atoms. The summed E-state index contributed by atoms with van der Waals surface area (Å²) in [6, 6.07) is 4.86. The number of carboxylic acid groups (broad SMARTS) is 1. The van der Waals surface area contributed by atoms with Gasteiger partial charge in [0.2, 0.25) is 0 Å². The van der Waals surface area contributed by atoms with Crippen LogP contribution in [0, 0.1) is 0 Å². The molecule has 122 valence electrons. The Balaban J connectivity index is 2.81. The SMILES string of the molecule is CCc1ccc(OCC(=O)N[C@H](C)C(=O)[O-])c(C(C)(C)C)c1. The molecule has 0 fully saturated rings. The van der Waals surface area contributed by atoms with Gasteiger partial charge in [-0.3, -0.25) is 4.79 Å². The molecule has 1 aromatic carbocycles. The molecule has 0 aliphatic heterocycles. The van der Waals surface area contributed by atoms with E-state index in [1.165, 1.54) is 12.5 Å². The average molecular weight is 306 g/mol. The van der Waals surface area contributed by atoms with Crippen LogP contribution in [-0.4, -0.2) is 24.5 Å². The zero-order valence-electron chi connectivity index (χ0n) is 13.9. The summed E-state index contributed by atoms with van der Waals surface area (Å²) >= 11 is 0. The first kappa shape index (κ1) is 18.0. The number of ether oxygens (including phenoxy) is 1. The van der Waals surface area contributed by atoms with Crippen LogP contribution in [0.5, 0.6) is 5.75 Å². The number of benzene rings is 1. The van der Waals surface area contributed by atoms with Crippen LogP contribution < -0.4 is 15.2 Å². The van der Waals surface area contributed by atoms with Crippen molar-refractivity contribution in [2.75, 3.05) is 6.61 Å². The van der Waals surface area contributed by atoms with Crippen LogP contribution in [-0.2, 0) is 21.4 Å². The van der Waals surface area contributed by atoms with Gasteiger partial charge in [0.05, 0.1) is 12.0 Å². The Morgan fingerprint density at radius 3 is 2.45 bits per heavy atom. The molecule has 1 amide bonds. The average Bonchev–Trinajstić information content (AvgIpc) is 2.43. The molecule has 0 heterocycles. The lowest BCUT2D eigenvalue weighted by Crippen LogP contribution is -2.47. The Morgan fingerprint density at radius 2 is 1.95 bits per heavy atom. The number of aliphatic carboxylic acids is 1. The summed E-state index contributed by atoms with van der Waals surface area (Å²) in [5.41, 5.74) is 2.11. The van der Waals surface area contributed by atoms with Crippen molar-refractivity contribution < 1.29 is 19.4 Å². The minimum Gasteiger partial charge on any atom is -0.548 e. The quantitative estimate of drug-likeness (QED) is 0.856. The van der Waals surface area contributed by atoms with E-state index in [2.05, 4.69) is 39.1 Å². The Morgan fingerprint density at radius 1 is 1.32 bits per heavy atom. The van der Waals surface area contributed by atoms with Crippen molar-refractivity contribution in [2.45, 2.75) is 52.5 Å². The molecule has 0 saturated carbocycles. The second-order valence-corrected chi connectivity index (χ2v) is 6.33. The third-order valence-corrected chi connectivity index (χ3v) is 3.35. The largest absolute Gasteiger partial charge is 0.548 e. The summed E-state index contributed by atoms with van der Waals surface area (Å²) in [6.45, 7) is 9.43. The highest BCUT2D eigenvalue weighted by atomic mass is 16.5. The minimum absolute atomic E-state index is 0.116. The third-order valence-electron chi connectivity index (χ3n) is 3.35. The Kier molecular flexibility index (Phi) is 5.97. The number of hydrogen-bond donors (Lipinski definition) is 1. The van der Waals surface area contributed by atoms with Crippen molar-refractivity contribution in [3.63, 3.8) is 0 Å². The van der Waals surface area contributed by atoms with Crippen LogP contribution in [0.25, 0.3) is 0 Å².